The monoisotopic (exact) mass is 917 g/mol. The van der Waals surface area contributed by atoms with Crippen LogP contribution in [0.4, 0.5) is 0 Å². The summed E-state index contributed by atoms with van der Waals surface area (Å²) >= 11 is 0. The van der Waals surface area contributed by atoms with E-state index >= 15 is 0 Å². The number of hydrogen-bond donors (Lipinski definition) is 1. The number of quaternary nitrogens is 1. The molecule has 0 radical (unpaired) electrons. The second-order valence-corrected chi connectivity index (χ2v) is 17.7. The first kappa shape index (κ1) is 61.7. The van der Waals surface area contributed by atoms with Crippen LogP contribution in [0.5, 0.6) is 0 Å². The number of likely N-dealkylation sites (N-methyl/N-ethyl adjacent to an activating group) is 1. The molecule has 0 saturated carbocycles. The van der Waals surface area contributed by atoms with Gasteiger partial charge in [-0.25, -0.2) is 4.79 Å². The van der Waals surface area contributed by atoms with Gasteiger partial charge in [-0.1, -0.05) is 187 Å². The molecule has 1 N–H and O–H groups in total. The number of ether oxygens (including phenoxy) is 3. The maximum atomic E-state index is 12.8. The van der Waals surface area contributed by atoms with E-state index in [1.165, 1.54) is 44.9 Å². The third-order valence-electron chi connectivity index (χ3n) is 10.6. The average Bonchev–Trinajstić information content (AvgIpc) is 3.28. The molecule has 0 aliphatic heterocycles. The average molecular weight is 917 g/mol. The predicted molar refractivity (Wildman–Crippen MR) is 279 cm³/mol. The van der Waals surface area contributed by atoms with E-state index in [9.17, 15) is 19.5 Å². The number of carboxylic acids is 1. The molecule has 0 bridgehead atoms. The van der Waals surface area contributed by atoms with Gasteiger partial charge >= 0.3 is 17.9 Å². The van der Waals surface area contributed by atoms with Gasteiger partial charge in [0.25, 0.3) is 0 Å². The zero-order valence-corrected chi connectivity index (χ0v) is 42.3. The highest BCUT2D eigenvalue weighted by Gasteiger charge is 2.31. The van der Waals surface area contributed by atoms with Crippen molar-refractivity contribution in [1.82, 2.24) is 0 Å². The van der Waals surface area contributed by atoms with Crippen molar-refractivity contribution in [2.75, 3.05) is 41.0 Å². The van der Waals surface area contributed by atoms with Crippen molar-refractivity contribution in [3.8, 4) is 0 Å². The predicted octanol–water partition coefficient (Wildman–Crippen LogP) is 15.0. The van der Waals surface area contributed by atoms with E-state index in [-0.39, 0.29) is 42.7 Å². The van der Waals surface area contributed by atoms with Gasteiger partial charge in [-0.3, -0.25) is 9.59 Å². The number of esters is 2. The highest BCUT2D eigenvalue weighted by atomic mass is 16.6. The van der Waals surface area contributed by atoms with Gasteiger partial charge in [0.1, 0.15) is 6.61 Å². The fourth-order valence-corrected chi connectivity index (χ4v) is 6.75. The van der Waals surface area contributed by atoms with E-state index in [2.05, 4.69) is 123 Å². The van der Waals surface area contributed by atoms with Crippen LogP contribution in [0.25, 0.3) is 0 Å². The van der Waals surface area contributed by atoms with Gasteiger partial charge in [0.15, 0.2) is 12.1 Å². The maximum absolute atomic E-state index is 12.8. The van der Waals surface area contributed by atoms with E-state index in [0.29, 0.717) is 19.3 Å². The molecule has 0 aliphatic rings. The molecule has 0 saturated heterocycles. The Morgan fingerprint density at radius 1 is 0.455 bits per heavy atom. The summed E-state index contributed by atoms with van der Waals surface area (Å²) in [5.41, 5.74) is 0. The number of carboxylic acid groups (broad SMARTS) is 1. The fraction of sp³-hybridized carbons (Fsp3) is 0.603. The van der Waals surface area contributed by atoms with E-state index < -0.39 is 18.1 Å². The molecule has 2 unspecified atom stereocenters. The Morgan fingerprint density at radius 2 is 0.833 bits per heavy atom. The van der Waals surface area contributed by atoms with Crippen LogP contribution in [0.3, 0.4) is 0 Å². The summed E-state index contributed by atoms with van der Waals surface area (Å²) in [4.78, 5) is 37.1. The van der Waals surface area contributed by atoms with Gasteiger partial charge in [-0.15, -0.1) is 0 Å². The number of rotatable bonds is 44. The lowest BCUT2D eigenvalue weighted by molar-refractivity contribution is -0.887. The number of unbranched alkanes of at least 4 members (excludes halogenated alkanes) is 10. The lowest BCUT2D eigenvalue weighted by Crippen LogP contribution is -2.50. The Hall–Kier alpha value is -4.27. The molecule has 2 atom stereocenters. The van der Waals surface area contributed by atoms with E-state index in [0.717, 1.165) is 89.9 Å². The minimum Gasteiger partial charge on any atom is -0.477 e. The lowest BCUT2D eigenvalue weighted by atomic mass is 10.0. The molecule has 372 valence electrons. The second kappa shape index (κ2) is 47.2. The Balaban J connectivity index is 4.37. The van der Waals surface area contributed by atoms with Crippen molar-refractivity contribution in [3.63, 3.8) is 0 Å². The molecule has 0 rings (SSSR count). The third-order valence-corrected chi connectivity index (χ3v) is 10.6. The summed E-state index contributed by atoms with van der Waals surface area (Å²) in [7, 11) is 5.50. The van der Waals surface area contributed by atoms with Crippen molar-refractivity contribution in [2.45, 2.75) is 187 Å². The maximum Gasteiger partial charge on any atom is 0.362 e. The van der Waals surface area contributed by atoms with Crippen molar-refractivity contribution < 1.29 is 38.2 Å². The molecule has 0 amide bonds. The lowest BCUT2D eigenvalue weighted by Gasteiger charge is -2.31. The molecular formula is C58H94NO7+. The van der Waals surface area contributed by atoms with Crippen LogP contribution >= 0.6 is 0 Å². The quantitative estimate of drug-likeness (QED) is 0.0281. The van der Waals surface area contributed by atoms with Gasteiger partial charge < -0.3 is 23.8 Å². The first-order chi connectivity index (χ1) is 32.1. The number of nitrogens with zero attached hydrogens (tertiary/aromatic N) is 1. The van der Waals surface area contributed by atoms with Crippen molar-refractivity contribution in [1.29, 1.82) is 0 Å². The Kier molecular flexibility index (Phi) is 44.2. The minimum absolute atomic E-state index is 0.0279. The largest absolute Gasteiger partial charge is 0.477 e. The van der Waals surface area contributed by atoms with E-state index in [1.54, 1.807) is 0 Å². The van der Waals surface area contributed by atoms with Gasteiger partial charge in [0, 0.05) is 19.3 Å². The molecule has 0 aliphatic carbocycles. The van der Waals surface area contributed by atoms with Crippen LogP contribution in [0, 0.1) is 0 Å². The molecule has 0 fully saturated rings. The molecule has 0 heterocycles. The summed E-state index contributed by atoms with van der Waals surface area (Å²) < 4.78 is 17.3. The normalized spacial score (nSPS) is 13.9. The summed E-state index contributed by atoms with van der Waals surface area (Å²) in [5.74, 6) is -1.59. The fourth-order valence-electron chi connectivity index (χ4n) is 6.75. The molecule has 66 heavy (non-hydrogen) atoms. The number of carbonyl (C=O) groups excluding carboxylic acids is 2. The molecule has 0 aromatic rings. The van der Waals surface area contributed by atoms with Gasteiger partial charge in [0.2, 0.25) is 0 Å². The molecule has 8 heteroatoms. The van der Waals surface area contributed by atoms with Crippen LogP contribution in [-0.4, -0.2) is 80.6 Å². The van der Waals surface area contributed by atoms with Crippen LogP contribution in [0.1, 0.15) is 174 Å². The summed E-state index contributed by atoms with van der Waals surface area (Å²) in [6.07, 6.45) is 66.9. The van der Waals surface area contributed by atoms with Gasteiger partial charge in [0.05, 0.1) is 34.4 Å². The Labute approximate surface area is 403 Å². The summed E-state index contributed by atoms with van der Waals surface area (Å²) in [6.45, 7) is 4.41. The smallest absolute Gasteiger partial charge is 0.362 e. The highest BCUT2D eigenvalue weighted by Crippen LogP contribution is 2.14. The SMILES string of the molecule is CC/C=C/C/C=C/C/C=C/C/C=C/C/C=C/C/C=C/CCC(=O)OCC(COCCC(C(=O)O)[N+](C)(C)C)OC(=O)CCCCCCCCCCCC/C=C/C/C=C/C/C=C/C/C=C/CC. The number of allylic oxidation sites excluding steroid dienone is 20. The van der Waals surface area contributed by atoms with Crippen LogP contribution in [0.15, 0.2) is 122 Å². The van der Waals surface area contributed by atoms with E-state index in [4.69, 9.17) is 14.2 Å². The summed E-state index contributed by atoms with van der Waals surface area (Å²) in [6, 6.07) is -0.634. The summed E-state index contributed by atoms with van der Waals surface area (Å²) in [5, 5.41) is 9.66. The van der Waals surface area contributed by atoms with Crippen LogP contribution in [-0.2, 0) is 28.6 Å². The molecule has 8 nitrogen and oxygen atoms in total. The molecule has 0 spiro atoms. The molecule has 0 aromatic carbocycles. The van der Waals surface area contributed by atoms with Crippen molar-refractivity contribution >= 4 is 17.9 Å². The standard InChI is InChI=1S/C58H93NO7/c1-6-8-10-12-14-16-18-20-22-24-26-27-28-29-31-33-35-37-39-41-43-45-47-49-57(61)66-54(52-64-51-50-55(58(62)63)59(3,4)5)53-65-56(60)48-46-44-42-40-38-36-34-32-30-25-23-21-19-17-15-13-11-9-7-2/h8-11,14-17,20-23,26-27,30,32,36,38,42,44,54-55H,6-7,12-13,18-19,24-25,28-29,31,33-35,37,39-41,43,45-53H2,1-5H3/p+1/b10-8+,11-9+,16-14+,17-15+,22-20+,23-21+,27-26+,32-30+,38-36+,44-42+. The zero-order chi connectivity index (χ0) is 48.4. The van der Waals surface area contributed by atoms with Gasteiger partial charge in [-0.05, 0) is 89.9 Å². The highest BCUT2D eigenvalue weighted by molar-refractivity contribution is 5.72. The third kappa shape index (κ3) is 44.9. The topological polar surface area (TPSA) is 99.1 Å². The second-order valence-electron chi connectivity index (χ2n) is 17.7. The minimum atomic E-state index is -0.890. The van der Waals surface area contributed by atoms with Crippen LogP contribution < -0.4 is 0 Å². The zero-order valence-electron chi connectivity index (χ0n) is 42.3. The van der Waals surface area contributed by atoms with Crippen LogP contribution in [0.2, 0.25) is 0 Å². The molecular weight excluding hydrogens is 823 g/mol. The Bertz CT molecular complexity index is 1490. The first-order valence-electron chi connectivity index (χ1n) is 25.6. The van der Waals surface area contributed by atoms with Crippen molar-refractivity contribution in [2.24, 2.45) is 0 Å². The Morgan fingerprint density at radius 3 is 1.24 bits per heavy atom. The number of hydrogen-bond acceptors (Lipinski definition) is 6. The first-order valence-corrected chi connectivity index (χ1v) is 25.6. The van der Waals surface area contributed by atoms with Crippen molar-refractivity contribution in [3.05, 3.63) is 122 Å². The number of carbonyl (C=O) groups is 3. The van der Waals surface area contributed by atoms with Gasteiger partial charge in [-0.2, -0.15) is 0 Å². The number of aliphatic carboxylic acids is 1. The van der Waals surface area contributed by atoms with E-state index in [1.807, 2.05) is 33.3 Å². The molecule has 0 aromatic heterocycles.